The molecule has 0 saturated carbocycles. The van der Waals surface area contributed by atoms with E-state index in [1.54, 1.807) is 23.9 Å². The van der Waals surface area contributed by atoms with E-state index in [1.807, 2.05) is 54.6 Å². The van der Waals surface area contributed by atoms with Crippen LogP contribution in [0.3, 0.4) is 0 Å². The Morgan fingerprint density at radius 2 is 1.59 bits per heavy atom. The Bertz CT molecular complexity index is 2400. The van der Waals surface area contributed by atoms with E-state index >= 15 is 0 Å². The van der Waals surface area contributed by atoms with Crippen molar-refractivity contribution in [1.82, 2.24) is 19.4 Å². The standard InChI is InChI=1S/C51H66ClN7O5S2/c1-5-57(6-2)44-24-28-55(29-25-44)27-23-42(37-65-45-10-8-7-9-11-45)53-48-21-20-46(34-49(48)59(61)62)66(63,64)54-50(60)39-14-18-43(19-15-39)58-32-30-56(31-33-58)36-40-35-51(3,4)26-22-47(40)38-12-16-41(52)17-13-38/h7-21,34,42,44,53H,5-6,22-33,35-37H2,1-4H3,(H,54,60)/t42-/m1/s1. The predicted molar refractivity (Wildman–Crippen MR) is 270 cm³/mol. The van der Waals surface area contributed by atoms with Gasteiger partial charge in [0.05, 0.1) is 9.82 Å². The third kappa shape index (κ3) is 13.2. The van der Waals surface area contributed by atoms with Crippen LogP contribution < -0.4 is 14.9 Å². The van der Waals surface area contributed by atoms with Crippen molar-refractivity contribution in [3.63, 3.8) is 0 Å². The van der Waals surface area contributed by atoms with Gasteiger partial charge in [0.1, 0.15) is 5.69 Å². The van der Waals surface area contributed by atoms with Crippen LogP contribution in [0.5, 0.6) is 0 Å². The van der Waals surface area contributed by atoms with Gasteiger partial charge in [-0.25, -0.2) is 13.1 Å². The van der Waals surface area contributed by atoms with Gasteiger partial charge in [-0.1, -0.05) is 75.2 Å². The summed E-state index contributed by atoms with van der Waals surface area (Å²) in [6.45, 7) is 18.4. The van der Waals surface area contributed by atoms with Crippen LogP contribution in [0.15, 0.2) is 112 Å². The number of benzene rings is 4. The van der Waals surface area contributed by atoms with Crippen LogP contribution in [0.1, 0.15) is 82.1 Å². The molecule has 12 nitrogen and oxygen atoms in total. The first-order valence-corrected chi connectivity index (χ1v) is 26.4. The topological polar surface area (TPSA) is 131 Å². The second-order valence-corrected chi connectivity index (χ2v) is 21.9. The fourth-order valence-corrected chi connectivity index (χ4v) is 11.8. The molecule has 0 aromatic heterocycles. The number of sulfonamides is 1. The Morgan fingerprint density at radius 3 is 2.24 bits per heavy atom. The molecule has 7 rings (SSSR count). The zero-order chi connectivity index (χ0) is 46.8. The Labute approximate surface area is 401 Å². The van der Waals surface area contributed by atoms with Crippen LogP contribution in [-0.2, 0) is 10.0 Å². The number of carbonyl (C=O) groups excluding carboxylic acids is 1. The molecule has 3 aliphatic rings. The minimum atomic E-state index is -4.45. The molecule has 15 heteroatoms. The third-order valence-electron chi connectivity index (χ3n) is 13.6. The number of amides is 1. The van der Waals surface area contributed by atoms with Crippen molar-refractivity contribution in [3.8, 4) is 0 Å². The average molecular weight is 957 g/mol. The van der Waals surface area contributed by atoms with Crippen molar-refractivity contribution in [2.24, 2.45) is 5.41 Å². The van der Waals surface area contributed by atoms with Crippen LogP contribution in [-0.4, -0.2) is 117 Å². The summed E-state index contributed by atoms with van der Waals surface area (Å²) >= 11 is 7.89. The van der Waals surface area contributed by atoms with Gasteiger partial charge in [0, 0.05) is 84.3 Å². The molecule has 354 valence electrons. The molecule has 0 radical (unpaired) electrons. The van der Waals surface area contributed by atoms with Gasteiger partial charge in [0.25, 0.3) is 21.6 Å². The maximum absolute atomic E-state index is 13.6. The van der Waals surface area contributed by atoms with Crippen molar-refractivity contribution in [2.45, 2.75) is 88.1 Å². The number of allylic oxidation sites excluding steroid dienone is 1. The highest BCUT2D eigenvalue weighted by molar-refractivity contribution is 7.99. The smallest absolute Gasteiger partial charge is 0.293 e. The van der Waals surface area contributed by atoms with E-state index in [2.05, 4.69) is 69.5 Å². The number of nitro groups is 1. The lowest BCUT2D eigenvalue weighted by molar-refractivity contribution is -0.384. The molecule has 2 saturated heterocycles. The quantitative estimate of drug-likeness (QED) is 0.0529. The van der Waals surface area contributed by atoms with E-state index in [9.17, 15) is 23.3 Å². The summed E-state index contributed by atoms with van der Waals surface area (Å²) in [4.78, 5) is 35.8. The SMILES string of the molecule is CCN(CC)C1CCN(CC[C@H](CSc2ccccc2)Nc2ccc(S(=O)(=O)NC(=O)c3ccc(N4CCN(CC5=C(c6ccc(Cl)cc6)CCC(C)(C)C5)CC4)cc3)cc2[N+](=O)[O-])CC1. The van der Waals surface area contributed by atoms with Gasteiger partial charge in [-0.05, 0) is 142 Å². The van der Waals surface area contributed by atoms with E-state index in [-0.39, 0.29) is 33.3 Å². The zero-order valence-electron chi connectivity index (χ0n) is 38.9. The Morgan fingerprint density at radius 1 is 0.909 bits per heavy atom. The van der Waals surface area contributed by atoms with Gasteiger partial charge in [0.15, 0.2) is 0 Å². The number of likely N-dealkylation sites (tertiary alicyclic amines) is 1. The Kier molecular flexibility index (Phi) is 16.9. The molecule has 1 amide bonds. The van der Waals surface area contributed by atoms with Crippen molar-refractivity contribution >= 4 is 61.9 Å². The number of rotatable bonds is 19. The van der Waals surface area contributed by atoms with Gasteiger partial charge < -0.3 is 20.0 Å². The molecule has 4 aromatic carbocycles. The van der Waals surface area contributed by atoms with E-state index < -0.39 is 20.9 Å². The second-order valence-electron chi connectivity index (χ2n) is 18.7. The molecule has 2 aliphatic heterocycles. The number of thioether (sulfide) groups is 1. The first kappa shape index (κ1) is 49.5. The van der Waals surface area contributed by atoms with Crippen LogP contribution in [0.4, 0.5) is 17.1 Å². The fourth-order valence-electron chi connectivity index (χ4n) is 9.73. The van der Waals surface area contributed by atoms with E-state index in [0.29, 0.717) is 11.8 Å². The highest BCUT2D eigenvalue weighted by Crippen LogP contribution is 2.43. The lowest BCUT2D eigenvalue weighted by Crippen LogP contribution is -2.47. The van der Waals surface area contributed by atoms with Gasteiger partial charge in [-0.2, -0.15) is 0 Å². The summed E-state index contributed by atoms with van der Waals surface area (Å²) in [5.41, 5.74) is 5.45. The number of piperazine rings is 1. The molecular weight excluding hydrogens is 890 g/mol. The molecule has 1 atom stereocenters. The number of halogens is 1. The molecule has 2 N–H and O–H groups in total. The molecule has 66 heavy (non-hydrogen) atoms. The molecule has 2 fully saturated rings. The fraction of sp³-hybridized carbons (Fsp3) is 0.471. The van der Waals surface area contributed by atoms with Crippen LogP contribution in [0.2, 0.25) is 5.02 Å². The number of piperidine rings is 1. The summed E-state index contributed by atoms with van der Waals surface area (Å²) in [6.07, 6.45) is 6.26. The van der Waals surface area contributed by atoms with Crippen LogP contribution in [0.25, 0.3) is 5.57 Å². The minimum absolute atomic E-state index is 0.135. The highest BCUT2D eigenvalue weighted by atomic mass is 35.5. The predicted octanol–water partition coefficient (Wildman–Crippen LogP) is 9.92. The number of nitro benzene ring substituents is 1. The molecule has 2 heterocycles. The van der Waals surface area contributed by atoms with Crippen molar-refractivity contribution in [2.75, 3.05) is 81.4 Å². The van der Waals surface area contributed by atoms with Crippen LogP contribution in [0, 0.1) is 15.5 Å². The lowest BCUT2D eigenvalue weighted by Gasteiger charge is -2.39. The maximum Gasteiger partial charge on any atom is 0.293 e. The molecular formula is C51H66ClN7O5S2. The highest BCUT2D eigenvalue weighted by Gasteiger charge is 2.31. The Balaban J connectivity index is 0.957. The monoisotopic (exact) mass is 955 g/mol. The number of carbonyl (C=O) groups is 1. The third-order valence-corrected chi connectivity index (χ3v) is 16.3. The number of hydrogen-bond donors (Lipinski definition) is 2. The number of nitrogens with zero attached hydrogens (tertiary/aromatic N) is 5. The van der Waals surface area contributed by atoms with Crippen molar-refractivity contribution < 1.29 is 18.1 Å². The van der Waals surface area contributed by atoms with Gasteiger partial charge in [0.2, 0.25) is 0 Å². The number of hydrogen-bond acceptors (Lipinski definition) is 11. The molecule has 0 spiro atoms. The first-order valence-electron chi connectivity index (χ1n) is 23.5. The van der Waals surface area contributed by atoms with Gasteiger partial charge in [-0.15, -0.1) is 11.8 Å². The summed E-state index contributed by atoms with van der Waals surface area (Å²) in [6, 6.07) is 29.4. The zero-order valence-corrected chi connectivity index (χ0v) is 41.3. The van der Waals surface area contributed by atoms with Crippen molar-refractivity contribution in [3.05, 3.63) is 129 Å². The minimum Gasteiger partial charge on any atom is -0.376 e. The normalized spacial score (nSPS) is 18.1. The van der Waals surface area contributed by atoms with E-state index in [0.717, 1.165) is 126 Å². The number of anilines is 2. The summed E-state index contributed by atoms with van der Waals surface area (Å²) in [5, 5.41) is 16.6. The molecule has 0 bridgehead atoms. The molecule has 0 unspecified atom stereocenters. The maximum atomic E-state index is 13.6. The Hall–Kier alpha value is -4.44. The van der Waals surface area contributed by atoms with Crippen molar-refractivity contribution in [1.29, 1.82) is 0 Å². The number of nitrogens with one attached hydrogen (secondary N) is 2. The lowest BCUT2D eigenvalue weighted by atomic mass is 9.73. The largest absolute Gasteiger partial charge is 0.376 e. The summed E-state index contributed by atoms with van der Waals surface area (Å²) in [7, 11) is -4.45. The first-order chi connectivity index (χ1) is 31.7. The van der Waals surface area contributed by atoms with Gasteiger partial charge >= 0.3 is 0 Å². The molecule has 1 aliphatic carbocycles. The average Bonchev–Trinajstić information content (AvgIpc) is 3.31. The van der Waals surface area contributed by atoms with E-state index in [1.165, 1.54) is 28.8 Å². The summed E-state index contributed by atoms with van der Waals surface area (Å²) in [5.74, 6) is -0.151. The van der Waals surface area contributed by atoms with E-state index in [4.69, 9.17) is 11.6 Å². The second kappa shape index (κ2) is 22.6. The van der Waals surface area contributed by atoms with Gasteiger partial charge in [-0.3, -0.25) is 19.8 Å². The molecule has 4 aromatic rings. The van der Waals surface area contributed by atoms with Crippen LogP contribution >= 0.6 is 23.4 Å². The summed E-state index contributed by atoms with van der Waals surface area (Å²) < 4.78 is 29.3.